The van der Waals surface area contributed by atoms with Gasteiger partial charge in [0.1, 0.15) is 12.6 Å². The fourth-order valence-electron chi connectivity index (χ4n) is 1.97. The summed E-state index contributed by atoms with van der Waals surface area (Å²) in [6.07, 6.45) is 0.686. The van der Waals surface area contributed by atoms with Crippen LogP contribution in [0.25, 0.3) is 0 Å². The third-order valence-corrected chi connectivity index (χ3v) is 3.40. The molecule has 92 valence electrons. The van der Waals surface area contributed by atoms with Gasteiger partial charge in [-0.1, -0.05) is 13.8 Å². The Balaban J connectivity index is 2.17. The van der Waals surface area contributed by atoms with Crippen LogP contribution in [0.1, 0.15) is 20.3 Å². The zero-order chi connectivity index (χ0) is 12.4. The minimum Gasteiger partial charge on any atom is -0.343 e. The molecule has 1 aliphatic rings. The van der Waals surface area contributed by atoms with Crippen LogP contribution < -0.4 is 10.2 Å². The molecule has 17 heavy (non-hydrogen) atoms. The maximum Gasteiger partial charge on any atom is 0.250 e. The normalized spacial score (nSPS) is 20.9. The van der Waals surface area contributed by atoms with Gasteiger partial charge in [0.15, 0.2) is 0 Å². The van der Waals surface area contributed by atoms with E-state index in [1.807, 2.05) is 30.7 Å². The van der Waals surface area contributed by atoms with Gasteiger partial charge in [-0.15, -0.1) is 0 Å². The zero-order valence-corrected chi connectivity index (χ0v) is 10.8. The molecule has 0 aromatic carbocycles. The van der Waals surface area contributed by atoms with Crippen molar-refractivity contribution in [2.75, 3.05) is 11.4 Å². The number of piperazine rings is 1. The Labute approximate surface area is 105 Å². The Kier molecular flexibility index (Phi) is 3.47. The molecule has 1 aromatic heterocycles. The van der Waals surface area contributed by atoms with Crippen molar-refractivity contribution < 1.29 is 9.59 Å². The lowest BCUT2D eigenvalue weighted by Crippen LogP contribution is -2.58. The summed E-state index contributed by atoms with van der Waals surface area (Å²) in [5, 5.41) is 6.56. The van der Waals surface area contributed by atoms with Gasteiger partial charge in [0, 0.05) is 5.38 Å². The lowest BCUT2D eigenvalue weighted by Gasteiger charge is -2.32. The largest absolute Gasteiger partial charge is 0.343 e. The third kappa shape index (κ3) is 2.66. The number of hydrogen-bond donors (Lipinski definition) is 1. The van der Waals surface area contributed by atoms with Crippen molar-refractivity contribution in [2.45, 2.75) is 26.3 Å². The van der Waals surface area contributed by atoms with E-state index in [-0.39, 0.29) is 24.4 Å². The highest BCUT2D eigenvalue weighted by molar-refractivity contribution is 7.08. The molecule has 0 aliphatic carbocycles. The first kappa shape index (κ1) is 12.1. The molecule has 1 fully saturated rings. The molecule has 1 saturated heterocycles. The average molecular weight is 252 g/mol. The number of nitrogens with zero attached hydrogens (tertiary/aromatic N) is 1. The summed E-state index contributed by atoms with van der Waals surface area (Å²) in [5.41, 5.74) is 0.823. The lowest BCUT2D eigenvalue weighted by molar-refractivity contribution is -0.131. The Hall–Kier alpha value is -1.36. The molecule has 0 bridgehead atoms. The van der Waals surface area contributed by atoms with E-state index < -0.39 is 0 Å². The Bertz CT molecular complexity index is 414. The van der Waals surface area contributed by atoms with Crippen LogP contribution in [0.3, 0.4) is 0 Å². The monoisotopic (exact) mass is 252 g/mol. The number of nitrogens with one attached hydrogen (secondary N) is 1. The first-order valence-corrected chi connectivity index (χ1v) is 6.65. The van der Waals surface area contributed by atoms with E-state index in [0.717, 1.165) is 5.69 Å². The number of hydrogen-bond acceptors (Lipinski definition) is 3. The molecule has 4 nitrogen and oxygen atoms in total. The maximum absolute atomic E-state index is 12.2. The molecular formula is C12H16N2O2S. The maximum atomic E-state index is 12.2. The van der Waals surface area contributed by atoms with Gasteiger partial charge in [-0.25, -0.2) is 0 Å². The summed E-state index contributed by atoms with van der Waals surface area (Å²) >= 11 is 1.53. The highest BCUT2D eigenvalue weighted by atomic mass is 32.1. The van der Waals surface area contributed by atoms with Gasteiger partial charge >= 0.3 is 0 Å². The van der Waals surface area contributed by atoms with Crippen LogP contribution in [-0.4, -0.2) is 24.4 Å². The van der Waals surface area contributed by atoms with Crippen LogP contribution in [0.5, 0.6) is 0 Å². The van der Waals surface area contributed by atoms with Gasteiger partial charge in [0.25, 0.3) is 0 Å². The fourth-order valence-corrected chi connectivity index (χ4v) is 2.61. The molecule has 1 unspecified atom stereocenters. The van der Waals surface area contributed by atoms with E-state index in [0.29, 0.717) is 12.3 Å². The molecule has 2 amide bonds. The predicted octanol–water partition coefficient (Wildman–Crippen LogP) is 1.63. The van der Waals surface area contributed by atoms with Crippen molar-refractivity contribution in [3.63, 3.8) is 0 Å². The summed E-state index contributed by atoms with van der Waals surface area (Å²) in [6, 6.07) is 1.49. The molecule has 0 spiro atoms. The fraction of sp³-hybridized carbons (Fsp3) is 0.500. The van der Waals surface area contributed by atoms with Crippen LogP contribution in [0.4, 0.5) is 5.69 Å². The van der Waals surface area contributed by atoms with Crippen molar-refractivity contribution in [3.05, 3.63) is 16.8 Å². The van der Waals surface area contributed by atoms with E-state index in [9.17, 15) is 9.59 Å². The number of amides is 2. The van der Waals surface area contributed by atoms with Gasteiger partial charge in [0.05, 0.1) is 5.69 Å². The Morgan fingerprint density at radius 2 is 2.29 bits per heavy atom. The van der Waals surface area contributed by atoms with Crippen LogP contribution in [0.2, 0.25) is 0 Å². The molecular weight excluding hydrogens is 236 g/mol. The van der Waals surface area contributed by atoms with Crippen molar-refractivity contribution in [1.82, 2.24) is 5.32 Å². The standard InChI is InChI=1S/C12H16N2O2S/c1-8(2)5-10-12(16)14(6-11(15)13-10)9-3-4-17-7-9/h3-4,7-8,10H,5-6H2,1-2H3,(H,13,15). The number of rotatable bonds is 3. The minimum absolute atomic E-state index is 0.00306. The van der Waals surface area contributed by atoms with Crippen LogP contribution in [0, 0.1) is 5.92 Å². The topological polar surface area (TPSA) is 49.4 Å². The molecule has 0 radical (unpaired) electrons. The Morgan fingerprint density at radius 1 is 1.53 bits per heavy atom. The van der Waals surface area contributed by atoms with Crippen LogP contribution >= 0.6 is 11.3 Å². The predicted molar refractivity (Wildman–Crippen MR) is 68.1 cm³/mol. The van der Waals surface area contributed by atoms with Crippen molar-refractivity contribution in [3.8, 4) is 0 Å². The van der Waals surface area contributed by atoms with E-state index in [1.165, 1.54) is 11.3 Å². The molecule has 5 heteroatoms. The molecule has 1 N–H and O–H groups in total. The van der Waals surface area contributed by atoms with Gasteiger partial charge < -0.3 is 10.2 Å². The van der Waals surface area contributed by atoms with Crippen LogP contribution in [0.15, 0.2) is 16.8 Å². The summed E-state index contributed by atoms with van der Waals surface area (Å²) < 4.78 is 0. The van der Waals surface area contributed by atoms with Gasteiger partial charge in [-0.2, -0.15) is 11.3 Å². The second-order valence-electron chi connectivity index (χ2n) is 4.66. The first-order chi connectivity index (χ1) is 8.08. The van der Waals surface area contributed by atoms with Gasteiger partial charge in [-0.05, 0) is 23.8 Å². The Morgan fingerprint density at radius 3 is 2.88 bits per heavy atom. The van der Waals surface area contributed by atoms with Crippen molar-refractivity contribution in [2.24, 2.45) is 5.92 Å². The molecule has 1 aromatic rings. The molecule has 2 rings (SSSR count). The van der Waals surface area contributed by atoms with E-state index in [2.05, 4.69) is 5.32 Å². The smallest absolute Gasteiger partial charge is 0.250 e. The molecule has 1 atom stereocenters. The average Bonchev–Trinajstić information content (AvgIpc) is 2.75. The summed E-state index contributed by atoms with van der Waals surface area (Å²) in [4.78, 5) is 25.4. The number of thiophene rings is 1. The third-order valence-electron chi connectivity index (χ3n) is 2.73. The van der Waals surface area contributed by atoms with Crippen molar-refractivity contribution >= 4 is 28.8 Å². The van der Waals surface area contributed by atoms with E-state index in [1.54, 1.807) is 4.90 Å². The SMILES string of the molecule is CC(C)CC1NC(=O)CN(c2ccsc2)C1=O. The zero-order valence-electron chi connectivity index (χ0n) is 9.97. The number of anilines is 1. The molecule has 0 saturated carbocycles. The number of carbonyl (C=O) groups excluding carboxylic acids is 2. The van der Waals surface area contributed by atoms with Gasteiger partial charge in [-0.3, -0.25) is 9.59 Å². The summed E-state index contributed by atoms with van der Waals surface area (Å²) in [7, 11) is 0. The minimum atomic E-state index is -0.379. The summed E-state index contributed by atoms with van der Waals surface area (Å²) in [6.45, 7) is 4.22. The summed E-state index contributed by atoms with van der Waals surface area (Å²) in [5.74, 6) is 0.296. The van der Waals surface area contributed by atoms with E-state index in [4.69, 9.17) is 0 Å². The second-order valence-corrected chi connectivity index (χ2v) is 5.44. The van der Waals surface area contributed by atoms with Gasteiger partial charge in [0.2, 0.25) is 11.8 Å². The second kappa shape index (κ2) is 4.87. The molecule has 1 aliphatic heterocycles. The first-order valence-electron chi connectivity index (χ1n) is 5.71. The van der Waals surface area contributed by atoms with Crippen molar-refractivity contribution in [1.29, 1.82) is 0 Å². The quantitative estimate of drug-likeness (QED) is 0.888. The highest BCUT2D eigenvalue weighted by Crippen LogP contribution is 2.22. The number of carbonyl (C=O) groups is 2. The molecule has 2 heterocycles. The highest BCUT2D eigenvalue weighted by Gasteiger charge is 2.33. The van der Waals surface area contributed by atoms with E-state index >= 15 is 0 Å². The lowest BCUT2D eigenvalue weighted by atomic mass is 10.0. The van der Waals surface area contributed by atoms with Crippen LogP contribution in [-0.2, 0) is 9.59 Å².